The molecule has 148 valence electrons. The number of carbonyl (C=O) groups excluding carboxylic acids is 1. The molecule has 2 aromatic rings. The number of nitrogens with zero attached hydrogens (tertiary/aromatic N) is 2. The van der Waals surface area contributed by atoms with Crippen LogP contribution >= 0.6 is 12.4 Å². The molecule has 3 N–H and O–H groups in total. The summed E-state index contributed by atoms with van der Waals surface area (Å²) in [6, 6.07) is 6.69. The maximum atomic E-state index is 12.5. The van der Waals surface area contributed by atoms with Crippen molar-refractivity contribution in [1.82, 2.24) is 19.8 Å². The molecule has 1 amide bonds. The van der Waals surface area contributed by atoms with Crippen LogP contribution < -0.4 is 15.4 Å². The van der Waals surface area contributed by atoms with Gasteiger partial charge in [-0.15, -0.1) is 12.4 Å². The molecule has 3 rings (SSSR count). The lowest BCUT2D eigenvalue weighted by atomic mass is 10.1. The molecule has 1 unspecified atom stereocenters. The molecule has 2 heterocycles. The van der Waals surface area contributed by atoms with Crippen LogP contribution in [0.25, 0.3) is 0 Å². The van der Waals surface area contributed by atoms with Gasteiger partial charge < -0.3 is 10.6 Å². The van der Waals surface area contributed by atoms with Crippen LogP contribution in [-0.4, -0.2) is 44.2 Å². The number of piperidine rings is 1. The van der Waals surface area contributed by atoms with Gasteiger partial charge in [0.15, 0.2) is 5.69 Å². The number of halogens is 1. The van der Waals surface area contributed by atoms with Crippen LogP contribution in [0, 0.1) is 6.92 Å². The number of aryl methyl sites for hydroxylation is 1. The minimum Gasteiger partial charge on any atom is -0.321 e. The van der Waals surface area contributed by atoms with Crippen molar-refractivity contribution in [3.63, 3.8) is 0 Å². The van der Waals surface area contributed by atoms with Crippen LogP contribution in [0.4, 0.5) is 5.69 Å². The first-order chi connectivity index (χ1) is 12.4. The Morgan fingerprint density at radius 3 is 2.78 bits per heavy atom. The number of amides is 1. The van der Waals surface area contributed by atoms with Gasteiger partial charge in [0.05, 0.1) is 10.9 Å². The van der Waals surface area contributed by atoms with Crippen molar-refractivity contribution in [2.24, 2.45) is 0 Å². The molecule has 1 atom stereocenters. The summed E-state index contributed by atoms with van der Waals surface area (Å²) in [4.78, 5) is 12.6. The maximum absolute atomic E-state index is 12.5. The molecule has 1 aliphatic rings. The first kappa shape index (κ1) is 21.4. The zero-order chi connectivity index (χ0) is 18.7. The summed E-state index contributed by atoms with van der Waals surface area (Å²) in [6.07, 6.45) is 3.91. The number of anilines is 1. The quantitative estimate of drug-likeness (QED) is 0.691. The number of hydrogen-bond donors (Lipinski definition) is 3. The highest BCUT2D eigenvalue weighted by Crippen LogP contribution is 2.21. The number of aromatic nitrogens is 2. The van der Waals surface area contributed by atoms with Crippen LogP contribution in [0.2, 0.25) is 0 Å². The minimum atomic E-state index is -3.59. The zero-order valence-electron chi connectivity index (χ0n) is 15.2. The smallest absolute Gasteiger partial charge is 0.276 e. The van der Waals surface area contributed by atoms with Crippen molar-refractivity contribution in [3.05, 3.63) is 41.7 Å². The number of sulfonamides is 1. The molecular weight excluding hydrogens is 390 g/mol. The molecule has 0 aliphatic carbocycles. The maximum Gasteiger partial charge on any atom is 0.276 e. The first-order valence-electron chi connectivity index (χ1n) is 8.52. The van der Waals surface area contributed by atoms with Crippen LogP contribution in [0.3, 0.4) is 0 Å². The van der Waals surface area contributed by atoms with Gasteiger partial charge in [0.2, 0.25) is 10.0 Å². The van der Waals surface area contributed by atoms with Crippen molar-refractivity contribution < 1.29 is 13.2 Å². The molecule has 0 spiro atoms. The molecule has 0 bridgehead atoms. The molecule has 27 heavy (non-hydrogen) atoms. The van der Waals surface area contributed by atoms with E-state index in [9.17, 15) is 13.2 Å². The summed E-state index contributed by atoms with van der Waals surface area (Å²) in [5, 5.41) is 10.4. The lowest BCUT2D eigenvalue weighted by molar-refractivity contribution is 0.102. The predicted octanol–water partition coefficient (Wildman–Crippen LogP) is 1.70. The predicted molar refractivity (Wildman–Crippen MR) is 106 cm³/mol. The van der Waals surface area contributed by atoms with E-state index in [0.29, 0.717) is 16.9 Å². The fraction of sp³-hybridized carbons (Fsp3) is 0.412. The Balaban J connectivity index is 0.00000261. The molecule has 0 saturated carbocycles. The molecule has 1 aromatic heterocycles. The molecular formula is C17H24ClN5O3S. The summed E-state index contributed by atoms with van der Waals surface area (Å²) in [5.41, 5.74) is 1.31. The Morgan fingerprint density at radius 2 is 2.11 bits per heavy atom. The van der Waals surface area contributed by atoms with E-state index in [1.54, 1.807) is 31.3 Å². The topological polar surface area (TPSA) is 105 Å². The largest absolute Gasteiger partial charge is 0.321 e. The number of carbonyl (C=O) groups is 1. The third-order valence-corrected chi connectivity index (χ3v) is 6.05. The van der Waals surface area contributed by atoms with E-state index < -0.39 is 10.0 Å². The number of rotatable bonds is 5. The van der Waals surface area contributed by atoms with Crippen LogP contribution in [0.5, 0.6) is 0 Å². The number of benzene rings is 1. The Kier molecular flexibility index (Phi) is 6.99. The van der Waals surface area contributed by atoms with Gasteiger partial charge >= 0.3 is 0 Å². The Morgan fingerprint density at radius 1 is 1.33 bits per heavy atom. The highest BCUT2D eigenvalue weighted by molar-refractivity contribution is 7.89. The second-order valence-corrected chi connectivity index (χ2v) is 8.18. The van der Waals surface area contributed by atoms with E-state index in [1.807, 2.05) is 4.68 Å². The molecule has 10 heteroatoms. The number of nitrogens with one attached hydrogen (secondary N) is 3. The summed E-state index contributed by atoms with van der Waals surface area (Å²) >= 11 is 0. The normalized spacial score (nSPS) is 17.2. The van der Waals surface area contributed by atoms with E-state index in [0.717, 1.165) is 25.9 Å². The summed E-state index contributed by atoms with van der Waals surface area (Å²) in [6.45, 7) is 3.55. The van der Waals surface area contributed by atoms with Gasteiger partial charge in [0.1, 0.15) is 0 Å². The average Bonchev–Trinajstić information content (AvgIpc) is 3.14. The Bertz CT molecular complexity index is 907. The fourth-order valence-electron chi connectivity index (χ4n) is 2.99. The van der Waals surface area contributed by atoms with E-state index in [-0.39, 0.29) is 29.3 Å². The van der Waals surface area contributed by atoms with Crippen molar-refractivity contribution in [1.29, 1.82) is 0 Å². The van der Waals surface area contributed by atoms with Gasteiger partial charge in [-0.25, -0.2) is 13.1 Å². The second-order valence-electron chi connectivity index (χ2n) is 6.32. The molecule has 1 aliphatic heterocycles. The van der Waals surface area contributed by atoms with Crippen molar-refractivity contribution in [3.8, 4) is 0 Å². The third-order valence-electron chi connectivity index (χ3n) is 4.49. The monoisotopic (exact) mass is 413 g/mol. The van der Waals surface area contributed by atoms with Gasteiger partial charge in [-0.1, -0.05) is 6.07 Å². The molecule has 0 radical (unpaired) electrons. The highest BCUT2D eigenvalue weighted by atomic mass is 35.5. The molecule has 8 nitrogen and oxygen atoms in total. The van der Waals surface area contributed by atoms with Crippen molar-refractivity contribution in [2.45, 2.75) is 30.7 Å². The van der Waals surface area contributed by atoms with Crippen LogP contribution in [-0.2, 0) is 10.0 Å². The Hall–Kier alpha value is -1.94. The summed E-state index contributed by atoms with van der Waals surface area (Å²) < 4.78 is 28.2. The lowest BCUT2D eigenvalue weighted by Crippen LogP contribution is -2.32. The fourth-order valence-corrected chi connectivity index (χ4v) is 3.99. The number of hydrogen-bond acceptors (Lipinski definition) is 5. The minimum absolute atomic E-state index is 0. The molecule has 1 aromatic carbocycles. The van der Waals surface area contributed by atoms with E-state index in [1.165, 1.54) is 13.1 Å². The van der Waals surface area contributed by atoms with Gasteiger partial charge in [-0.3, -0.25) is 9.48 Å². The molecule has 1 fully saturated rings. The van der Waals surface area contributed by atoms with Gasteiger partial charge in [0, 0.05) is 18.4 Å². The van der Waals surface area contributed by atoms with Crippen molar-refractivity contribution in [2.75, 3.05) is 25.5 Å². The Labute approximate surface area is 165 Å². The second kappa shape index (κ2) is 8.83. The van der Waals surface area contributed by atoms with E-state index in [4.69, 9.17) is 0 Å². The highest BCUT2D eigenvalue weighted by Gasteiger charge is 2.19. The average molecular weight is 414 g/mol. The van der Waals surface area contributed by atoms with E-state index >= 15 is 0 Å². The standard InChI is InChI=1S/C17H23N5O3S.ClH/c1-12-5-6-13(10-16(12)26(24,25)18-2)20-17(23)15-7-9-22(21-15)14-4-3-8-19-11-14;/h5-7,9-10,14,18-19H,3-4,8,11H2,1-2H3,(H,20,23);1H. The SMILES string of the molecule is CNS(=O)(=O)c1cc(NC(=O)c2ccn(C3CCCNC3)n2)ccc1C.Cl. The summed E-state index contributed by atoms with van der Waals surface area (Å²) in [5.74, 6) is -0.371. The first-order valence-corrected chi connectivity index (χ1v) is 10.0. The molecule has 1 saturated heterocycles. The van der Waals surface area contributed by atoms with Gasteiger partial charge in [-0.05, 0) is 57.1 Å². The van der Waals surface area contributed by atoms with E-state index in [2.05, 4.69) is 20.5 Å². The van der Waals surface area contributed by atoms with Crippen LogP contribution in [0.15, 0.2) is 35.4 Å². The zero-order valence-corrected chi connectivity index (χ0v) is 16.9. The summed E-state index contributed by atoms with van der Waals surface area (Å²) in [7, 11) is -2.24. The van der Waals surface area contributed by atoms with Gasteiger partial charge in [0.25, 0.3) is 5.91 Å². The lowest BCUT2D eigenvalue weighted by Gasteiger charge is -2.22. The van der Waals surface area contributed by atoms with Crippen LogP contribution in [0.1, 0.15) is 34.9 Å². The third kappa shape index (κ3) is 4.86. The van der Waals surface area contributed by atoms with Gasteiger partial charge in [-0.2, -0.15) is 5.10 Å². The van der Waals surface area contributed by atoms with Crippen molar-refractivity contribution >= 4 is 34.0 Å².